The maximum Gasteiger partial charge on any atom is 0.234 e. The first-order valence-corrected chi connectivity index (χ1v) is 9.46. The van der Waals surface area contributed by atoms with Crippen molar-refractivity contribution in [3.8, 4) is 11.4 Å². The van der Waals surface area contributed by atoms with E-state index < -0.39 is 0 Å². The number of carbonyl (C=O) groups excluding carboxylic acids is 1. The molecule has 1 saturated heterocycles. The molecule has 0 radical (unpaired) electrons. The summed E-state index contributed by atoms with van der Waals surface area (Å²) in [5, 5.41) is 10.8. The van der Waals surface area contributed by atoms with Crippen molar-refractivity contribution in [2.45, 2.75) is 31.8 Å². The summed E-state index contributed by atoms with van der Waals surface area (Å²) >= 11 is 0. The predicted octanol–water partition coefficient (Wildman–Crippen LogP) is 1.74. The van der Waals surface area contributed by atoms with Crippen LogP contribution in [0.4, 0.5) is 0 Å². The van der Waals surface area contributed by atoms with Crippen LogP contribution >= 0.6 is 0 Å². The summed E-state index contributed by atoms with van der Waals surface area (Å²) in [6, 6.07) is 8.09. The second-order valence-corrected chi connectivity index (χ2v) is 7.10. The van der Waals surface area contributed by atoms with Crippen molar-refractivity contribution in [2.24, 2.45) is 0 Å². The second-order valence-electron chi connectivity index (χ2n) is 7.10. The Labute approximate surface area is 160 Å². The van der Waals surface area contributed by atoms with E-state index in [9.17, 15) is 4.79 Å². The first kappa shape index (κ1) is 19.4. The molecule has 0 saturated carbocycles. The highest BCUT2D eigenvalue weighted by atomic mass is 16.5. The van der Waals surface area contributed by atoms with Crippen molar-refractivity contribution in [2.75, 3.05) is 33.8 Å². The van der Waals surface area contributed by atoms with Gasteiger partial charge in [0.25, 0.3) is 0 Å². The van der Waals surface area contributed by atoms with E-state index >= 15 is 0 Å². The van der Waals surface area contributed by atoms with Crippen molar-refractivity contribution in [3.05, 3.63) is 42.2 Å². The molecule has 0 aliphatic carbocycles. The van der Waals surface area contributed by atoms with Gasteiger partial charge in [0.05, 0.1) is 31.6 Å². The van der Waals surface area contributed by atoms with Gasteiger partial charge in [0.2, 0.25) is 5.91 Å². The minimum Gasteiger partial charge on any atom is -0.497 e. The number of piperidine rings is 1. The largest absolute Gasteiger partial charge is 0.497 e. The maximum absolute atomic E-state index is 12.4. The van der Waals surface area contributed by atoms with Gasteiger partial charge in [-0.15, -0.1) is 0 Å². The molecule has 1 fully saturated rings. The molecule has 7 heteroatoms. The molecule has 2 aromatic rings. The maximum atomic E-state index is 12.4. The van der Waals surface area contributed by atoms with Gasteiger partial charge in [-0.25, -0.2) is 4.68 Å². The van der Waals surface area contributed by atoms with Crippen LogP contribution in [0.1, 0.15) is 31.4 Å². The van der Waals surface area contributed by atoms with Crippen LogP contribution in [0, 0.1) is 0 Å². The fourth-order valence-corrected chi connectivity index (χ4v) is 3.41. The Kier molecular flexibility index (Phi) is 6.47. The zero-order chi connectivity index (χ0) is 19.2. The zero-order valence-electron chi connectivity index (χ0n) is 16.3. The number of likely N-dealkylation sites (N-methyl/N-ethyl adjacent to an activating group) is 1. The average molecular weight is 371 g/mol. The first-order valence-electron chi connectivity index (χ1n) is 9.46. The molecular weight excluding hydrogens is 342 g/mol. The van der Waals surface area contributed by atoms with Crippen LogP contribution in [0.25, 0.3) is 5.69 Å². The molecule has 146 valence electrons. The summed E-state index contributed by atoms with van der Waals surface area (Å²) in [4.78, 5) is 14.6. The Morgan fingerprint density at radius 1 is 1.37 bits per heavy atom. The third-order valence-electron chi connectivity index (χ3n) is 5.14. The van der Waals surface area contributed by atoms with Crippen molar-refractivity contribution in [1.29, 1.82) is 0 Å². The van der Waals surface area contributed by atoms with Crippen LogP contribution in [-0.4, -0.2) is 60.4 Å². The fourth-order valence-electron chi connectivity index (χ4n) is 3.41. The molecule has 1 aliphatic heterocycles. The van der Waals surface area contributed by atoms with Crippen LogP contribution in [-0.2, 0) is 4.79 Å². The molecular formula is C20H29N5O2. The molecule has 2 N–H and O–H groups in total. The quantitative estimate of drug-likeness (QED) is 0.776. The molecule has 1 aromatic carbocycles. The molecule has 27 heavy (non-hydrogen) atoms. The molecule has 1 amide bonds. The molecule has 0 spiro atoms. The first-order chi connectivity index (χ1) is 13.1. The van der Waals surface area contributed by atoms with E-state index in [0.717, 1.165) is 42.9 Å². The highest BCUT2D eigenvalue weighted by molar-refractivity contribution is 5.78. The smallest absolute Gasteiger partial charge is 0.234 e. The van der Waals surface area contributed by atoms with Crippen LogP contribution < -0.4 is 15.4 Å². The van der Waals surface area contributed by atoms with Gasteiger partial charge in [-0.05, 0) is 64.2 Å². The lowest BCUT2D eigenvalue weighted by atomic mass is 10.1. The molecule has 0 bridgehead atoms. The standard InChI is InChI=1S/C20H29N5O2/c1-15(23-20(26)14-24(2)17-8-10-21-11-9-17)16-12-22-25(13-16)18-4-6-19(27-3)7-5-18/h4-7,12-13,15,17,21H,8-11,14H2,1-3H3,(H,23,26)/t15-/m1/s1. The van der Waals surface area contributed by atoms with E-state index in [1.165, 1.54) is 0 Å². The molecule has 7 nitrogen and oxygen atoms in total. The van der Waals surface area contributed by atoms with Gasteiger partial charge < -0.3 is 15.4 Å². The number of carbonyl (C=O) groups is 1. The molecule has 3 rings (SSSR count). The minimum absolute atomic E-state index is 0.0423. The number of ether oxygens (including phenoxy) is 1. The van der Waals surface area contributed by atoms with E-state index in [-0.39, 0.29) is 11.9 Å². The lowest BCUT2D eigenvalue weighted by Crippen LogP contribution is -2.45. The van der Waals surface area contributed by atoms with Gasteiger partial charge in [-0.2, -0.15) is 5.10 Å². The Morgan fingerprint density at radius 3 is 2.74 bits per heavy atom. The van der Waals surface area contributed by atoms with Gasteiger partial charge in [-0.1, -0.05) is 0 Å². The minimum atomic E-state index is -0.0917. The molecule has 1 atom stereocenters. The van der Waals surface area contributed by atoms with Crippen LogP contribution in [0.3, 0.4) is 0 Å². The summed E-state index contributed by atoms with van der Waals surface area (Å²) in [6.07, 6.45) is 5.93. The Balaban J connectivity index is 1.55. The summed E-state index contributed by atoms with van der Waals surface area (Å²) < 4.78 is 6.99. The van der Waals surface area contributed by atoms with Crippen LogP contribution in [0.15, 0.2) is 36.7 Å². The van der Waals surface area contributed by atoms with E-state index in [2.05, 4.69) is 20.6 Å². The summed E-state index contributed by atoms with van der Waals surface area (Å²) in [5.74, 6) is 0.852. The summed E-state index contributed by atoms with van der Waals surface area (Å²) in [5.41, 5.74) is 1.93. The van der Waals surface area contributed by atoms with Crippen molar-refractivity contribution in [1.82, 2.24) is 25.3 Å². The van der Waals surface area contributed by atoms with E-state index in [0.29, 0.717) is 12.6 Å². The normalized spacial score (nSPS) is 16.3. The van der Waals surface area contributed by atoms with E-state index in [4.69, 9.17) is 4.74 Å². The second kappa shape index (κ2) is 9.01. The predicted molar refractivity (Wildman–Crippen MR) is 105 cm³/mol. The number of amides is 1. The summed E-state index contributed by atoms with van der Waals surface area (Å²) in [7, 11) is 3.68. The number of nitrogens with zero attached hydrogens (tertiary/aromatic N) is 3. The van der Waals surface area contributed by atoms with Crippen molar-refractivity contribution < 1.29 is 9.53 Å². The number of hydrogen-bond donors (Lipinski definition) is 2. The number of benzene rings is 1. The lowest BCUT2D eigenvalue weighted by Gasteiger charge is -2.31. The van der Waals surface area contributed by atoms with Crippen LogP contribution in [0.2, 0.25) is 0 Å². The fraction of sp³-hybridized carbons (Fsp3) is 0.500. The number of methoxy groups -OCH3 is 1. The van der Waals surface area contributed by atoms with Crippen molar-refractivity contribution in [3.63, 3.8) is 0 Å². The molecule has 2 heterocycles. The molecule has 1 aliphatic rings. The van der Waals surface area contributed by atoms with E-state index in [1.54, 1.807) is 18.0 Å². The molecule has 0 unspecified atom stereocenters. The average Bonchev–Trinajstić information content (AvgIpc) is 3.19. The highest BCUT2D eigenvalue weighted by Gasteiger charge is 2.20. The van der Waals surface area contributed by atoms with Gasteiger partial charge >= 0.3 is 0 Å². The SMILES string of the molecule is COc1ccc(-n2cc([C@@H](C)NC(=O)CN(C)C3CCNCC3)cn2)cc1. The Hall–Kier alpha value is -2.38. The third kappa shape index (κ3) is 5.08. The zero-order valence-corrected chi connectivity index (χ0v) is 16.3. The number of nitrogens with one attached hydrogen (secondary N) is 2. The van der Waals surface area contributed by atoms with Gasteiger partial charge in [0.15, 0.2) is 0 Å². The van der Waals surface area contributed by atoms with Crippen molar-refractivity contribution >= 4 is 5.91 Å². The lowest BCUT2D eigenvalue weighted by molar-refractivity contribution is -0.123. The number of rotatable bonds is 7. The monoisotopic (exact) mass is 371 g/mol. The summed E-state index contributed by atoms with van der Waals surface area (Å²) in [6.45, 7) is 4.45. The van der Waals surface area contributed by atoms with Gasteiger partial charge in [0, 0.05) is 17.8 Å². The number of hydrogen-bond acceptors (Lipinski definition) is 5. The number of aromatic nitrogens is 2. The highest BCUT2D eigenvalue weighted by Crippen LogP contribution is 2.17. The van der Waals surface area contributed by atoms with E-state index in [1.807, 2.05) is 44.4 Å². The Bertz CT molecular complexity index is 737. The van der Waals surface area contributed by atoms with Gasteiger partial charge in [-0.3, -0.25) is 9.69 Å². The van der Waals surface area contributed by atoms with Gasteiger partial charge in [0.1, 0.15) is 5.75 Å². The third-order valence-corrected chi connectivity index (χ3v) is 5.14. The Morgan fingerprint density at radius 2 is 2.07 bits per heavy atom. The topological polar surface area (TPSA) is 71.4 Å². The molecule has 1 aromatic heterocycles. The van der Waals surface area contributed by atoms with Crippen LogP contribution in [0.5, 0.6) is 5.75 Å².